The topological polar surface area (TPSA) is 39.4 Å². The van der Waals surface area contributed by atoms with Gasteiger partial charge in [-0.25, -0.2) is 0 Å². The predicted octanol–water partition coefficient (Wildman–Crippen LogP) is 2.80. The summed E-state index contributed by atoms with van der Waals surface area (Å²) >= 11 is 0. The molecule has 0 saturated carbocycles. The average Bonchev–Trinajstić information content (AvgIpc) is 2.73. The number of para-hydroxylation sites is 1. The third kappa shape index (κ3) is 2.51. The van der Waals surface area contributed by atoms with Crippen molar-refractivity contribution in [1.82, 2.24) is 0 Å². The lowest BCUT2D eigenvalue weighted by atomic mass is 10.1. The summed E-state index contributed by atoms with van der Waals surface area (Å²) in [5, 5.41) is 0. The normalized spacial score (nSPS) is 10.1. The molecule has 0 N–H and O–H groups in total. The van der Waals surface area contributed by atoms with Crippen LogP contribution in [0.4, 0.5) is 0 Å². The van der Waals surface area contributed by atoms with Crippen LogP contribution in [0.2, 0.25) is 0 Å². The van der Waals surface area contributed by atoms with Crippen LogP contribution in [0.25, 0.3) is 0 Å². The van der Waals surface area contributed by atoms with Gasteiger partial charge in [0.25, 0.3) is 0 Å². The highest BCUT2D eigenvalue weighted by molar-refractivity contribution is 5.69. The minimum atomic E-state index is -0.313. The van der Waals surface area contributed by atoms with Crippen molar-refractivity contribution in [2.45, 2.75) is 13.3 Å². The molecule has 0 saturated heterocycles. The zero-order valence-electron chi connectivity index (χ0n) is 8.97. The second-order valence-electron chi connectivity index (χ2n) is 3.46. The first-order chi connectivity index (χ1) is 7.75. The number of rotatable bonds is 3. The molecule has 0 fully saturated rings. The summed E-state index contributed by atoms with van der Waals surface area (Å²) in [5.41, 5.74) is 0.938. The molecule has 0 radical (unpaired) electrons. The summed E-state index contributed by atoms with van der Waals surface area (Å²) in [4.78, 5) is 10.9. The highest BCUT2D eigenvalue weighted by atomic mass is 16.5. The van der Waals surface area contributed by atoms with E-state index in [1.807, 2.05) is 30.3 Å². The molecule has 0 aliphatic carbocycles. The fraction of sp³-hybridized carbons (Fsp3) is 0.154. The molecule has 0 amide bonds. The number of ether oxygens (including phenoxy) is 1. The van der Waals surface area contributed by atoms with Crippen LogP contribution < -0.4 is 4.74 Å². The molecule has 1 aromatic carbocycles. The molecular formula is C13H12O3. The highest BCUT2D eigenvalue weighted by Crippen LogP contribution is 2.21. The van der Waals surface area contributed by atoms with E-state index in [1.54, 1.807) is 12.3 Å². The lowest BCUT2D eigenvalue weighted by Crippen LogP contribution is -2.04. The molecule has 0 atom stereocenters. The molecule has 16 heavy (non-hydrogen) atoms. The lowest BCUT2D eigenvalue weighted by molar-refractivity contribution is -0.131. The van der Waals surface area contributed by atoms with Gasteiger partial charge in [0.15, 0.2) is 0 Å². The highest BCUT2D eigenvalue weighted by Gasteiger charge is 2.07. The Kier molecular flexibility index (Phi) is 3.05. The number of hydrogen-bond donors (Lipinski definition) is 0. The Morgan fingerprint density at radius 3 is 2.75 bits per heavy atom. The van der Waals surface area contributed by atoms with Crippen LogP contribution in [0.1, 0.15) is 18.2 Å². The Hall–Kier alpha value is -2.03. The summed E-state index contributed by atoms with van der Waals surface area (Å²) in [5.74, 6) is 1.12. The van der Waals surface area contributed by atoms with E-state index in [-0.39, 0.29) is 5.97 Å². The van der Waals surface area contributed by atoms with Gasteiger partial charge in [0.2, 0.25) is 0 Å². The molecule has 0 bridgehead atoms. The second-order valence-corrected chi connectivity index (χ2v) is 3.46. The maximum absolute atomic E-state index is 10.9. The fourth-order valence-corrected chi connectivity index (χ4v) is 1.51. The Morgan fingerprint density at radius 1 is 1.25 bits per heavy atom. The first kappa shape index (κ1) is 10.5. The molecule has 82 valence electrons. The van der Waals surface area contributed by atoms with Crippen molar-refractivity contribution >= 4 is 5.97 Å². The Balaban J connectivity index is 2.22. The van der Waals surface area contributed by atoms with E-state index in [9.17, 15) is 4.79 Å². The van der Waals surface area contributed by atoms with E-state index < -0.39 is 0 Å². The van der Waals surface area contributed by atoms with E-state index in [0.29, 0.717) is 12.2 Å². The molecule has 0 spiro atoms. The summed E-state index contributed by atoms with van der Waals surface area (Å²) in [6, 6.07) is 11.2. The number of carbonyl (C=O) groups excluding carboxylic acids is 1. The van der Waals surface area contributed by atoms with Crippen LogP contribution in [-0.2, 0) is 11.2 Å². The van der Waals surface area contributed by atoms with Crippen molar-refractivity contribution in [2.24, 2.45) is 0 Å². The molecule has 0 aliphatic rings. The third-order valence-electron chi connectivity index (χ3n) is 2.17. The van der Waals surface area contributed by atoms with Crippen LogP contribution in [0.5, 0.6) is 5.75 Å². The molecule has 1 aromatic heterocycles. The van der Waals surface area contributed by atoms with Crippen molar-refractivity contribution in [3.05, 3.63) is 54.0 Å². The smallest absolute Gasteiger partial charge is 0.308 e. The Morgan fingerprint density at radius 2 is 2.06 bits per heavy atom. The second kappa shape index (κ2) is 4.66. The van der Waals surface area contributed by atoms with Gasteiger partial charge in [-0.3, -0.25) is 4.79 Å². The van der Waals surface area contributed by atoms with Gasteiger partial charge in [-0.15, -0.1) is 0 Å². The van der Waals surface area contributed by atoms with E-state index in [2.05, 4.69) is 0 Å². The fourth-order valence-electron chi connectivity index (χ4n) is 1.51. The molecule has 2 aromatic rings. The number of benzene rings is 1. The van der Waals surface area contributed by atoms with Crippen molar-refractivity contribution in [2.75, 3.05) is 0 Å². The SMILES string of the molecule is CC(=O)Oc1ccccc1Cc1ccco1. The predicted molar refractivity (Wildman–Crippen MR) is 59.3 cm³/mol. The molecule has 2 rings (SSSR count). The summed E-state index contributed by atoms with van der Waals surface area (Å²) in [6.45, 7) is 1.39. The van der Waals surface area contributed by atoms with Crippen molar-refractivity contribution in [1.29, 1.82) is 0 Å². The maximum Gasteiger partial charge on any atom is 0.308 e. The van der Waals surface area contributed by atoms with Crippen LogP contribution in [0.15, 0.2) is 47.1 Å². The molecule has 3 nitrogen and oxygen atoms in total. The van der Waals surface area contributed by atoms with Crippen LogP contribution in [0.3, 0.4) is 0 Å². The van der Waals surface area contributed by atoms with Gasteiger partial charge < -0.3 is 9.15 Å². The van der Waals surface area contributed by atoms with Crippen LogP contribution in [0, 0.1) is 0 Å². The van der Waals surface area contributed by atoms with Gasteiger partial charge in [-0.1, -0.05) is 18.2 Å². The largest absolute Gasteiger partial charge is 0.469 e. The first-order valence-corrected chi connectivity index (χ1v) is 5.04. The maximum atomic E-state index is 10.9. The van der Waals surface area contributed by atoms with E-state index in [4.69, 9.17) is 9.15 Å². The molecule has 0 unspecified atom stereocenters. The van der Waals surface area contributed by atoms with E-state index in [1.165, 1.54) is 6.92 Å². The van der Waals surface area contributed by atoms with Crippen LogP contribution >= 0.6 is 0 Å². The van der Waals surface area contributed by atoms with Gasteiger partial charge in [-0.05, 0) is 18.2 Å². The van der Waals surface area contributed by atoms with Gasteiger partial charge in [0.05, 0.1) is 6.26 Å². The summed E-state index contributed by atoms with van der Waals surface area (Å²) < 4.78 is 10.4. The van der Waals surface area contributed by atoms with Crippen molar-refractivity contribution in [3.8, 4) is 5.75 Å². The minimum absolute atomic E-state index is 0.313. The quantitative estimate of drug-likeness (QED) is 0.585. The monoisotopic (exact) mass is 216 g/mol. The van der Waals surface area contributed by atoms with Crippen LogP contribution in [-0.4, -0.2) is 5.97 Å². The molecule has 0 aliphatic heterocycles. The van der Waals surface area contributed by atoms with Gasteiger partial charge in [-0.2, -0.15) is 0 Å². The number of furan rings is 1. The van der Waals surface area contributed by atoms with Gasteiger partial charge in [0.1, 0.15) is 11.5 Å². The van der Waals surface area contributed by atoms with Gasteiger partial charge in [0, 0.05) is 18.9 Å². The minimum Gasteiger partial charge on any atom is -0.469 e. The Labute approximate surface area is 93.7 Å². The zero-order valence-corrected chi connectivity index (χ0v) is 8.97. The average molecular weight is 216 g/mol. The van der Waals surface area contributed by atoms with Crippen molar-refractivity contribution in [3.63, 3.8) is 0 Å². The molecular weight excluding hydrogens is 204 g/mol. The lowest BCUT2D eigenvalue weighted by Gasteiger charge is -2.06. The third-order valence-corrected chi connectivity index (χ3v) is 2.17. The Bertz CT molecular complexity index is 472. The van der Waals surface area contributed by atoms with Gasteiger partial charge >= 0.3 is 5.97 Å². The summed E-state index contributed by atoms with van der Waals surface area (Å²) in [7, 11) is 0. The van der Waals surface area contributed by atoms with E-state index in [0.717, 1.165) is 11.3 Å². The zero-order chi connectivity index (χ0) is 11.4. The van der Waals surface area contributed by atoms with Crippen molar-refractivity contribution < 1.29 is 13.9 Å². The number of hydrogen-bond acceptors (Lipinski definition) is 3. The summed E-state index contributed by atoms with van der Waals surface area (Å²) in [6.07, 6.45) is 2.25. The number of esters is 1. The standard InChI is InChI=1S/C13H12O3/c1-10(14)16-13-7-3-2-5-11(13)9-12-6-4-8-15-12/h2-8H,9H2,1H3. The molecule has 3 heteroatoms. The number of carbonyl (C=O) groups is 1. The molecule has 1 heterocycles. The van der Waals surface area contributed by atoms with E-state index >= 15 is 0 Å². The first-order valence-electron chi connectivity index (χ1n) is 5.04.